The van der Waals surface area contributed by atoms with Crippen molar-refractivity contribution in [2.24, 2.45) is 5.73 Å². The Labute approximate surface area is 117 Å². The molecule has 1 rings (SSSR count). The Morgan fingerprint density at radius 3 is 2.53 bits per heavy atom. The fourth-order valence-electron chi connectivity index (χ4n) is 1.39. The van der Waals surface area contributed by atoms with Crippen LogP contribution < -0.4 is 10.5 Å². The van der Waals surface area contributed by atoms with Crippen LogP contribution in [0.1, 0.15) is 12.0 Å². The SMILES string of the molecule is Cc1cc(S(=O)(=O)NCCCN)ccc1[N+](=O)[O-].Cl. The predicted molar refractivity (Wildman–Crippen MR) is 73.9 cm³/mol. The first-order valence-corrected chi connectivity index (χ1v) is 6.81. The van der Waals surface area contributed by atoms with Gasteiger partial charge in [-0.2, -0.15) is 0 Å². The third-order valence-electron chi connectivity index (χ3n) is 2.35. The van der Waals surface area contributed by atoms with Gasteiger partial charge in [0, 0.05) is 18.2 Å². The highest BCUT2D eigenvalue weighted by Crippen LogP contribution is 2.21. The van der Waals surface area contributed by atoms with Crippen molar-refractivity contribution in [3.8, 4) is 0 Å². The largest absolute Gasteiger partial charge is 0.330 e. The lowest BCUT2D eigenvalue weighted by molar-refractivity contribution is -0.385. The molecule has 0 unspecified atom stereocenters. The highest BCUT2D eigenvalue weighted by molar-refractivity contribution is 7.89. The van der Waals surface area contributed by atoms with E-state index in [0.29, 0.717) is 18.5 Å². The van der Waals surface area contributed by atoms with Gasteiger partial charge in [0.15, 0.2) is 0 Å². The van der Waals surface area contributed by atoms with Gasteiger partial charge in [-0.1, -0.05) is 0 Å². The van der Waals surface area contributed by atoms with Crippen molar-refractivity contribution < 1.29 is 13.3 Å². The van der Waals surface area contributed by atoms with E-state index in [4.69, 9.17) is 5.73 Å². The molecule has 7 nitrogen and oxygen atoms in total. The zero-order valence-corrected chi connectivity index (χ0v) is 12.0. The minimum atomic E-state index is -3.63. The van der Waals surface area contributed by atoms with E-state index in [1.54, 1.807) is 0 Å². The molecule has 0 spiro atoms. The maximum atomic E-state index is 11.8. The number of hydrogen-bond acceptors (Lipinski definition) is 5. The van der Waals surface area contributed by atoms with E-state index in [1.807, 2.05) is 0 Å². The summed E-state index contributed by atoms with van der Waals surface area (Å²) in [6.07, 6.45) is 0.533. The van der Waals surface area contributed by atoms with Crippen LogP contribution in [-0.4, -0.2) is 26.4 Å². The van der Waals surface area contributed by atoms with Crippen LogP contribution in [-0.2, 0) is 10.0 Å². The quantitative estimate of drug-likeness (QED) is 0.461. The molecule has 0 aliphatic rings. The van der Waals surface area contributed by atoms with E-state index in [-0.39, 0.29) is 29.5 Å². The number of halogens is 1. The molecule has 0 saturated carbocycles. The molecule has 19 heavy (non-hydrogen) atoms. The van der Waals surface area contributed by atoms with Crippen LogP contribution in [0.4, 0.5) is 5.69 Å². The van der Waals surface area contributed by atoms with Crippen molar-refractivity contribution in [3.05, 3.63) is 33.9 Å². The van der Waals surface area contributed by atoms with E-state index >= 15 is 0 Å². The van der Waals surface area contributed by atoms with Crippen LogP contribution in [0.5, 0.6) is 0 Å². The lowest BCUT2D eigenvalue weighted by Gasteiger charge is -2.07. The summed E-state index contributed by atoms with van der Waals surface area (Å²) in [6, 6.07) is 3.69. The number of nitrogens with two attached hydrogens (primary N) is 1. The number of hydrogen-bond donors (Lipinski definition) is 2. The number of rotatable bonds is 6. The summed E-state index contributed by atoms with van der Waals surface area (Å²) in [6.45, 7) is 2.13. The summed E-state index contributed by atoms with van der Waals surface area (Å²) in [4.78, 5) is 10.1. The molecule has 0 heterocycles. The first kappa shape index (κ1) is 17.8. The summed E-state index contributed by atoms with van der Waals surface area (Å²) >= 11 is 0. The second-order valence-electron chi connectivity index (χ2n) is 3.75. The number of sulfonamides is 1. The standard InChI is InChI=1S/C10H15N3O4S.ClH/c1-8-7-9(3-4-10(8)13(14)15)18(16,17)12-6-2-5-11;/h3-4,7,12H,2,5-6,11H2,1H3;1H. The zero-order chi connectivity index (χ0) is 13.8. The van der Waals surface area contributed by atoms with Gasteiger partial charge >= 0.3 is 0 Å². The van der Waals surface area contributed by atoms with Crippen molar-refractivity contribution in [2.45, 2.75) is 18.2 Å². The minimum absolute atomic E-state index is 0. The van der Waals surface area contributed by atoms with E-state index < -0.39 is 14.9 Å². The molecule has 0 saturated heterocycles. The molecular weight excluding hydrogens is 294 g/mol. The van der Waals surface area contributed by atoms with E-state index in [0.717, 1.165) is 0 Å². The highest BCUT2D eigenvalue weighted by atomic mass is 35.5. The van der Waals surface area contributed by atoms with Gasteiger partial charge in [0.1, 0.15) is 0 Å². The molecule has 1 aromatic rings. The van der Waals surface area contributed by atoms with Gasteiger partial charge in [-0.25, -0.2) is 13.1 Å². The van der Waals surface area contributed by atoms with Gasteiger partial charge in [0.25, 0.3) is 5.69 Å². The molecule has 0 aliphatic carbocycles. The van der Waals surface area contributed by atoms with Crippen LogP contribution >= 0.6 is 12.4 Å². The van der Waals surface area contributed by atoms with Crippen molar-refractivity contribution in [2.75, 3.05) is 13.1 Å². The number of nitro groups is 1. The maximum absolute atomic E-state index is 11.8. The molecular formula is C10H16ClN3O4S. The Morgan fingerprint density at radius 2 is 2.05 bits per heavy atom. The van der Waals surface area contributed by atoms with E-state index in [9.17, 15) is 18.5 Å². The Morgan fingerprint density at radius 1 is 1.42 bits per heavy atom. The predicted octanol–water partition coefficient (Wildman–Crippen LogP) is 0.952. The average molecular weight is 310 g/mol. The lowest BCUT2D eigenvalue weighted by Crippen LogP contribution is -2.26. The second-order valence-corrected chi connectivity index (χ2v) is 5.51. The smallest absolute Gasteiger partial charge is 0.272 e. The van der Waals surface area contributed by atoms with Crippen LogP contribution in [0.2, 0.25) is 0 Å². The zero-order valence-electron chi connectivity index (χ0n) is 10.3. The fraction of sp³-hybridized carbons (Fsp3) is 0.400. The molecule has 0 radical (unpaired) electrons. The van der Waals surface area contributed by atoms with Crippen molar-refractivity contribution in [1.29, 1.82) is 0 Å². The van der Waals surface area contributed by atoms with Gasteiger partial charge in [0.05, 0.1) is 9.82 Å². The van der Waals surface area contributed by atoms with Crippen molar-refractivity contribution in [3.63, 3.8) is 0 Å². The summed E-state index contributed by atoms with van der Waals surface area (Å²) in [5.41, 5.74) is 5.47. The first-order valence-electron chi connectivity index (χ1n) is 5.33. The van der Waals surface area contributed by atoms with Gasteiger partial charge in [-0.05, 0) is 32.0 Å². The molecule has 3 N–H and O–H groups in total. The number of nitro benzene ring substituents is 1. The molecule has 0 aromatic heterocycles. The third-order valence-corrected chi connectivity index (χ3v) is 3.81. The third kappa shape index (κ3) is 4.75. The molecule has 0 bridgehead atoms. The van der Waals surface area contributed by atoms with E-state index in [1.165, 1.54) is 25.1 Å². The average Bonchev–Trinajstić information content (AvgIpc) is 2.28. The van der Waals surface area contributed by atoms with Gasteiger partial charge < -0.3 is 5.73 Å². The van der Waals surface area contributed by atoms with Crippen molar-refractivity contribution >= 4 is 28.1 Å². The van der Waals surface area contributed by atoms with Crippen LogP contribution in [0.15, 0.2) is 23.1 Å². The van der Waals surface area contributed by atoms with Gasteiger partial charge in [0.2, 0.25) is 10.0 Å². The van der Waals surface area contributed by atoms with E-state index in [2.05, 4.69) is 4.72 Å². The molecule has 0 fully saturated rings. The lowest BCUT2D eigenvalue weighted by atomic mass is 10.2. The summed E-state index contributed by atoms with van der Waals surface area (Å²) in [7, 11) is -3.63. The van der Waals surface area contributed by atoms with Crippen LogP contribution in [0.25, 0.3) is 0 Å². The number of benzene rings is 1. The normalized spacial score (nSPS) is 10.8. The number of nitrogens with one attached hydrogen (secondary N) is 1. The molecule has 108 valence electrons. The van der Waals surface area contributed by atoms with Crippen LogP contribution in [0.3, 0.4) is 0 Å². The molecule has 0 aliphatic heterocycles. The van der Waals surface area contributed by atoms with Gasteiger partial charge in [-0.15, -0.1) is 12.4 Å². The fourth-order valence-corrected chi connectivity index (χ4v) is 2.55. The molecule has 0 atom stereocenters. The number of aryl methyl sites for hydroxylation is 1. The summed E-state index contributed by atoms with van der Waals surface area (Å²) in [5.74, 6) is 0. The van der Waals surface area contributed by atoms with Gasteiger partial charge in [-0.3, -0.25) is 10.1 Å². The van der Waals surface area contributed by atoms with Crippen LogP contribution in [0, 0.1) is 17.0 Å². The monoisotopic (exact) mass is 309 g/mol. The first-order chi connectivity index (χ1) is 8.38. The second kappa shape index (κ2) is 7.39. The number of nitrogens with zero attached hydrogens (tertiary/aromatic N) is 1. The minimum Gasteiger partial charge on any atom is -0.330 e. The molecule has 9 heteroatoms. The summed E-state index contributed by atoms with van der Waals surface area (Å²) in [5, 5.41) is 10.6. The van der Waals surface area contributed by atoms with Crippen molar-refractivity contribution in [1.82, 2.24) is 4.72 Å². The maximum Gasteiger partial charge on any atom is 0.272 e. The Hall–Kier alpha value is -1.22. The molecule has 1 aromatic carbocycles. The highest BCUT2D eigenvalue weighted by Gasteiger charge is 2.17. The Bertz CT molecular complexity index is 548. The Kier molecular flexibility index (Phi) is 6.91. The molecule has 0 amide bonds. The topological polar surface area (TPSA) is 115 Å². The Balaban J connectivity index is 0.00000324. The summed E-state index contributed by atoms with van der Waals surface area (Å²) < 4.78 is 26.0.